The molecule has 0 aliphatic heterocycles. The van der Waals surface area contributed by atoms with Gasteiger partial charge in [0, 0.05) is 12.5 Å². The smallest absolute Gasteiger partial charge is 0.294 e. The van der Waals surface area contributed by atoms with E-state index in [-0.39, 0.29) is 0 Å². The van der Waals surface area contributed by atoms with Crippen molar-refractivity contribution in [2.75, 3.05) is 5.32 Å². The Bertz CT molecular complexity index is 500. The lowest BCUT2D eigenvalue weighted by molar-refractivity contribution is 0.443. The molecule has 0 spiro atoms. The highest BCUT2D eigenvalue weighted by atomic mass is 16.4. The number of nitrogens with zero attached hydrogens (tertiary/aromatic N) is 1. The minimum absolute atomic E-state index is 0.539. The van der Waals surface area contributed by atoms with Crippen molar-refractivity contribution < 1.29 is 4.42 Å². The van der Waals surface area contributed by atoms with Crippen molar-refractivity contribution in [3.8, 4) is 0 Å². The van der Waals surface area contributed by atoms with E-state index in [1.807, 2.05) is 24.4 Å². The van der Waals surface area contributed by atoms with Crippen LogP contribution in [0.25, 0.3) is 0 Å². The first-order valence-corrected chi connectivity index (χ1v) is 7.15. The van der Waals surface area contributed by atoms with E-state index < -0.39 is 0 Å². The van der Waals surface area contributed by atoms with Crippen LogP contribution >= 0.6 is 0 Å². The van der Waals surface area contributed by atoms with E-state index in [0.29, 0.717) is 12.1 Å². The van der Waals surface area contributed by atoms with Crippen LogP contribution in [0.4, 0.5) is 6.01 Å². The zero-order valence-corrected chi connectivity index (χ0v) is 11.1. The maximum Gasteiger partial charge on any atom is 0.294 e. The molecule has 1 N–H and O–H groups in total. The highest BCUT2D eigenvalue weighted by Gasteiger charge is 2.15. The van der Waals surface area contributed by atoms with Gasteiger partial charge in [-0.1, -0.05) is 49.6 Å². The van der Waals surface area contributed by atoms with Gasteiger partial charge >= 0.3 is 0 Å². The maximum absolute atomic E-state index is 5.77. The fourth-order valence-corrected chi connectivity index (χ4v) is 2.67. The second-order valence-electron chi connectivity index (χ2n) is 5.27. The molecule has 0 unspecified atom stereocenters. The molecule has 100 valence electrons. The van der Waals surface area contributed by atoms with Crippen LogP contribution in [0.15, 0.2) is 40.9 Å². The molecule has 3 nitrogen and oxygen atoms in total. The van der Waals surface area contributed by atoms with Crippen LogP contribution in [0.3, 0.4) is 0 Å². The first kappa shape index (κ1) is 12.3. The molecular formula is C16H20N2O. The molecule has 3 heteroatoms. The quantitative estimate of drug-likeness (QED) is 0.898. The lowest BCUT2D eigenvalue weighted by Crippen LogP contribution is -2.22. The van der Waals surface area contributed by atoms with E-state index in [0.717, 1.165) is 12.2 Å². The summed E-state index contributed by atoms with van der Waals surface area (Å²) in [4.78, 5) is 4.33. The number of nitrogens with one attached hydrogen (secondary N) is 1. The molecule has 1 saturated carbocycles. The monoisotopic (exact) mass is 256 g/mol. The maximum atomic E-state index is 5.77. The second kappa shape index (κ2) is 5.91. The van der Waals surface area contributed by atoms with E-state index in [1.165, 1.54) is 37.7 Å². The standard InChI is InChI=1S/C16H20N2O/c1-3-7-13(8-4-1)11-15-12-17-16(19-15)18-14-9-5-2-6-10-14/h1,3-4,7-8,12,14H,2,5-6,9-11H2,(H,17,18). The first-order chi connectivity index (χ1) is 9.40. The molecule has 0 bridgehead atoms. The summed E-state index contributed by atoms with van der Waals surface area (Å²) in [6, 6.07) is 11.6. The summed E-state index contributed by atoms with van der Waals surface area (Å²) in [6.45, 7) is 0. The summed E-state index contributed by atoms with van der Waals surface area (Å²) in [5, 5.41) is 3.41. The van der Waals surface area contributed by atoms with E-state index in [2.05, 4.69) is 22.4 Å². The molecule has 0 saturated heterocycles. The van der Waals surface area contributed by atoms with Gasteiger partial charge in [0.2, 0.25) is 0 Å². The Morgan fingerprint density at radius 1 is 1.11 bits per heavy atom. The predicted molar refractivity (Wildman–Crippen MR) is 76.2 cm³/mol. The molecule has 1 aliphatic carbocycles. The molecule has 0 atom stereocenters. The van der Waals surface area contributed by atoms with Crippen molar-refractivity contribution in [2.24, 2.45) is 0 Å². The van der Waals surface area contributed by atoms with Crippen LogP contribution in [0, 0.1) is 0 Å². The Labute approximate surface area is 114 Å². The molecule has 19 heavy (non-hydrogen) atoms. The Morgan fingerprint density at radius 3 is 2.68 bits per heavy atom. The average molecular weight is 256 g/mol. The van der Waals surface area contributed by atoms with E-state index in [4.69, 9.17) is 4.42 Å². The largest absolute Gasteiger partial charge is 0.428 e. The van der Waals surface area contributed by atoms with Gasteiger partial charge in [-0.25, -0.2) is 4.98 Å². The summed E-state index contributed by atoms with van der Waals surface area (Å²) in [5.41, 5.74) is 1.25. The molecule has 2 aromatic rings. The first-order valence-electron chi connectivity index (χ1n) is 7.15. The van der Waals surface area contributed by atoms with Gasteiger partial charge in [0.15, 0.2) is 0 Å². The van der Waals surface area contributed by atoms with Gasteiger partial charge in [-0.2, -0.15) is 0 Å². The fourth-order valence-electron chi connectivity index (χ4n) is 2.67. The van der Waals surface area contributed by atoms with Crippen LogP contribution in [0.2, 0.25) is 0 Å². The molecule has 0 amide bonds. The molecule has 1 heterocycles. The van der Waals surface area contributed by atoms with Gasteiger partial charge in [0.1, 0.15) is 5.76 Å². The number of benzene rings is 1. The third-order valence-electron chi connectivity index (χ3n) is 3.71. The average Bonchev–Trinajstić information content (AvgIpc) is 2.88. The van der Waals surface area contributed by atoms with Crippen molar-refractivity contribution in [3.05, 3.63) is 47.9 Å². The lowest BCUT2D eigenvalue weighted by Gasteiger charge is -2.21. The number of oxazole rings is 1. The third kappa shape index (κ3) is 3.37. The summed E-state index contributed by atoms with van der Waals surface area (Å²) >= 11 is 0. The molecule has 3 rings (SSSR count). The minimum atomic E-state index is 0.539. The predicted octanol–water partition coefficient (Wildman–Crippen LogP) is 4.01. The van der Waals surface area contributed by atoms with Crippen LogP contribution in [-0.4, -0.2) is 11.0 Å². The highest BCUT2D eigenvalue weighted by Crippen LogP contribution is 2.22. The third-order valence-corrected chi connectivity index (χ3v) is 3.71. The number of aromatic nitrogens is 1. The van der Waals surface area contributed by atoms with Gasteiger partial charge in [-0.05, 0) is 18.4 Å². The van der Waals surface area contributed by atoms with E-state index in [1.54, 1.807) is 0 Å². The zero-order chi connectivity index (χ0) is 12.9. The van der Waals surface area contributed by atoms with Gasteiger partial charge in [-0.3, -0.25) is 0 Å². The summed E-state index contributed by atoms with van der Waals surface area (Å²) in [5.74, 6) is 0.921. The van der Waals surface area contributed by atoms with Crippen LogP contribution in [0.1, 0.15) is 43.4 Å². The van der Waals surface area contributed by atoms with Crippen molar-refractivity contribution in [1.29, 1.82) is 0 Å². The van der Waals surface area contributed by atoms with Gasteiger partial charge in [-0.15, -0.1) is 0 Å². The molecule has 1 aliphatic rings. The summed E-state index contributed by atoms with van der Waals surface area (Å²) in [6.07, 6.45) is 9.10. The van der Waals surface area contributed by atoms with Crippen LogP contribution in [-0.2, 0) is 6.42 Å². The number of hydrogen-bond donors (Lipinski definition) is 1. The second-order valence-corrected chi connectivity index (χ2v) is 5.27. The fraction of sp³-hybridized carbons (Fsp3) is 0.438. The molecule has 1 aromatic heterocycles. The van der Waals surface area contributed by atoms with Crippen molar-refractivity contribution in [3.63, 3.8) is 0 Å². The Morgan fingerprint density at radius 2 is 1.89 bits per heavy atom. The van der Waals surface area contributed by atoms with Crippen molar-refractivity contribution in [1.82, 2.24) is 4.98 Å². The SMILES string of the molecule is c1ccc(Cc2cnc(NC3CCCCC3)o2)cc1. The van der Waals surface area contributed by atoms with Crippen molar-refractivity contribution in [2.45, 2.75) is 44.6 Å². The Balaban J connectivity index is 1.59. The summed E-state index contributed by atoms with van der Waals surface area (Å²) in [7, 11) is 0. The Hall–Kier alpha value is -1.77. The molecular weight excluding hydrogens is 236 g/mol. The number of rotatable bonds is 4. The normalized spacial score (nSPS) is 16.4. The molecule has 1 fully saturated rings. The highest BCUT2D eigenvalue weighted by molar-refractivity contribution is 5.25. The Kier molecular flexibility index (Phi) is 3.82. The summed E-state index contributed by atoms with van der Waals surface area (Å²) < 4.78 is 5.77. The van der Waals surface area contributed by atoms with Gasteiger partial charge < -0.3 is 9.73 Å². The van der Waals surface area contributed by atoms with E-state index >= 15 is 0 Å². The van der Waals surface area contributed by atoms with Crippen LogP contribution in [0.5, 0.6) is 0 Å². The molecule has 1 aromatic carbocycles. The molecule has 0 radical (unpaired) electrons. The van der Waals surface area contributed by atoms with Crippen molar-refractivity contribution >= 4 is 6.01 Å². The lowest BCUT2D eigenvalue weighted by atomic mass is 9.96. The van der Waals surface area contributed by atoms with E-state index in [9.17, 15) is 0 Å². The van der Waals surface area contributed by atoms with Gasteiger partial charge in [0.25, 0.3) is 6.01 Å². The minimum Gasteiger partial charge on any atom is -0.428 e. The van der Waals surface area contributed by atoms with Crippen LogP contribution < -0.4 is 5.32 Å². The number of anilines is 1. The topological polar surface area (TPSA) is 38.1 Å². The van der Waals surface area contributed by atoms with Gasteiger partial charge in [0.05, 0.1) is 6.20 Å². The zero-order valence-electron chi connectivity index (χ0n) is 11.1. The number of hydrogen-bond acceptors (Lipinski definition) is 3.